The molecule has 0 unspecified atom stereocenters. The number of amides is 1. The topological polar surface area (TPSA) is 60.3 Å². The molecular weight excluding hydrogens is 376 g/mol. The van der Waals surface area contributed by atoms with Gasteiger partial charge in [0.2, 0.25) is 5.91 Å². The summed E-state index contributed by atoms with van der Waals surface area (Å²) in [6.45, 7) is 7.08. The van der Waals surface area contributed by atoms with E-state index in [4.69, 9.17) is 4.74 Å². The van der Waals surface area contributed by atoms with Crippen molar-refractivity contribution in [1.29, 1.82) is 0 Å². The van der Waals surface area contributed by atoms with Gasteiger partial charge in [0.05, 0.1) is 12.2 Å². The Morgan fingerprint density at radius 2 is 1.83 bits per heavy atom. The van der Waals surface area contributed by atoms with Crippen LogP contribution in [0.4, 0.5) is 0 Å². The molecule has 5 nitrogen and oxygen atoms in total. The number of carbonyl (C=O) groups is 2. The second kappa shape index (κ2) is 10.5. The van der Waals surface area contributed by atoms with E-state index >= 15 is 0 Å². The SMILES string of the molecule is CCOC(=O)c1cc(-c2ccccc2)n(CCCC(=O)NC2CCC(C)CC2)c1C. The first kappa shape index (κ1) is 22.1. The molecule has 1 amide bonds. The fourth-order valence-electron chi connectivity index (χ4n) is 4.30. The standard InChI is InChI=1S/C25H34N2O3/c1-4-30-25(29)22-17-23(20-9-6-5-7-10-20)27(19(22)3)16-8-11-24(28)26-21-14-12-18(2)13-15-21/h5-7,9-10,17-18,21H,4,8,11-16H2,1-3H3,(H,26,28). The van der Waals surface area contributed by atoms with E-state index in [9.17, 15) is 9.59 Å². The fraction of sp³-hybridized carbons (Fsp3) is 0.520. The number of hydrogen-bond acceptors (Lipinski definition) is 3. The number of nitrogens with zero attached hydrogens (tertiary/aromatic N) is 1. The van der Waals surface area contributed by atoms with E-state index in [1.165, 1.54) is 12.8 Å². The van der Waals surface area contributed by atoms with Gasteiger partial charge in [-0.25, -0.2) is 4.79 Å². The second-order valence-corrected chi connectivity index (χ2v) is 8.39. The summed E-state index contributed by atoms with van der Waals surface area (Å²) in [6, 6.07) is 12.3. The highest BCUT2D eigenvalue weighted by atomic mass is 16.5. The van der Waals surface area contributed by atoms with E-state index in [1.54, 1.807) is 0 Å². The Hall–Kier alpha value is -2.56. The Labute approximate surface area is 179 Å². The molecule has 1 aliphatic rings. The smallest absolute Gasteiger partial charge is 0.339 e. The molecular formula is C25H34N2O3. The molecule has 2 aromatic rings. The number of esters is 1. The molecule has 30 heavy (non-hydrogen) atoms. The Morgan fingerprint density at radius 1 is 1.13 bits per heavy atom. The summed E-state index contributed by atoms with van der Waals surface area (Å²) in [5, 5.41) is 3.20. The van der Waals surface area contributed by atoms with Gasteiger partial charge in [-0.2, -0.15) is 0 Å². The lowest BCUT2D eigenvalue weighted by molar-refractivity contribution is -0.122. The lowest BCUT2D eigenvalue weighted by Crippen LogP contribution is -2.37. The summed E-state index contributed by atoms with van der Waals surface area (Å²) in [4.78, 5) is 24.8. The van der Waals surface area contributed by atoms with E-state index in [1.807, 2.05) is 50.2 Å². The Kier molecular flexibility index (Phi) is 7.72. The molecule has 1 aromatic carbocycles. The van der Waals surface area contributed by atoms with Crippen molar-refractivity contribution in [1.82, 2.24) is 9.88 Å². The van der Waals surface area contributed by atoms with Gasteiger partial charge in [-0.05, 0) is 63.5 Å². The quantitative estimate of drug-likeness (QED) is 0.615. The van der Waals surface area contributed by atoms with Crippen LogP contribution in [0.2, 0.25) is 0 Å². The number of carbonyl (C=O) groups excluding carboxylic acids is 2. The maximum atomic E-state index is 12.4. The third-order valence-corrected chi connectivity index (χ3v) is 6.10. The Morgan fingerprint density at radius 3 is 2.50 bits per heavy atom. The number of rotatable bonds is 8. The van der Waals surface area contributed by atoms with Crippen molar-refractivity contribution in [3.05, 3.63) is 47.7 Å². The van der Waals surface area contributed by atoms with Gasteiger partial charge in [-0.1, -0.05) is 37.3 Å². The average molecular weight is 411 g/mol. The van der Waals surface area contributed by atoms with Crippen LogP contribution >= 0.6 is 0 Å². The van der Waals surface area contributed by atoms with Crippen molar-refractivity contribution in [3.63, 3.8) is 0 Å². The first-order valence-corrected chi connectivity index (χ1v) is 11.2. The monoisotopic (exact) mass is 410 g/mol. The molecule has 162 valence electrons. The lowest BCUT2D eigenvalue weighted by atomic mass is 9.87. The van der Waals surface area contributed by atoms with Gasteiger partial charge >= 0.3 is 5.97 Å². The summed E-state index contributed by atoms with van der Waals surface area (Å²) < 4.78 is 7.37. The molecule has 0 atom stereocenters. The van der Waals surface area contributed by atoms with Crippen LogP contribution in [0.25, 0.3) is 11.3 Å². The largest absolute Gasteiger partial charge is 0.462 e. The molecule has 0 bridgehead atoms. The predicted molar refractivity (Wildman–Crippen MR) is 119 cm³/mol. The predicted octanol–water partition coefficient (Wildman–Crippen LogP) is 5.12. The normalized spacial score (nSPS) is 18.8. The minimum absolute atomic E-state index is 0.131. The zero-order valence-corrected chi connectivity index (χ0v) is 18.4. The molecule has 1 heterocycles. The molecule has 0 saturated heterocycles. The van der Waals surface area contributed by atoms with Gasteiger partial charge in [0.15, 0.2) is 0 Å². The third kappa shape index (κ3) is 5.53. The zero-order chi connectivity index (χ0) is 21.5. The number of hydrogen-bond donors (Lipinski definition) is 1. The van der Waals surface area contributed by atoms with E-state index in [0.29, 0.717) is 31.2 Å². The molecule has 3 rings (SSSR count). The number of aromatic nitrogens is 1. The van der Waals surface area contributed by atoms with Crippen LogP contribution in [0, 0.1) is 12.8 Å². The lowest BCUT2D eigenvalue weighted by Gasteiger charge is -2.27. The molecule has 0 aliphatic heterocycles. The number of benzene rings is 1. The maximum Gasteiger partial charge on any atom is 0.339 e. The molecule has 5 heteroatoms. The average Bonchev–Trinajstić information content (AvgIpc) is 3.07. The molecule has 1 aliphatic carbocycles. The van der Waals surface area contributed by atoms with Gasteiger partial charge in [0.25, 0.3) is 0 Å². The van der Waals surface area contributed by atoms with Crippen molar-refractivity contribution >= 4 is 11.9 Å². The van der Waals surface area contributed by atoms with Crippen LogP contribution in [0.15, 0.2) is 36.4 Å². The minimum Gasteiger partial charge on any atom is -0.462 e. The van der Waals surface area contributed by atoms with Crippen LogP contribution in [-0.2, 0) is 16.1 Å². The molecule has 0 radical (unpaired) electrons. The van der Waals surface area contributed by atoms with Crippen molar-refractivity contribution in [2.45, 2.75) is 71.9 Å². The van der Waals surface area contributed by atoms with Crippen LogP contribution in [0.3, 0.4) is 0 Å². The summed E-state index contributed by atoms with van der Waals surface area (Å²) in [6.07, 6.45) is 5.80. The zero-order valence-electron chi connectivity index (χ0n) is 18.4. The highest BCUT2D eigenvalue weighted by Crippen LogP contribution is 2.27. The van der Waals surface area contributed by atoms with E-state index in [-0.39, 0.29) is 11.9 Å². The van der Waals surface area contributed by atoms with Crippen molar-refractivity contribution < 1.29 is 14.3 Å². The van der Waals surface area contributed by atoms with Gasteiger partial charge < -0.3 is 14.6 Å². The highest BCUT2D eigenvalue weighted by Gasteiger charge is 2.21. The van der Waals surface area contributed by atoms with Crippen molar-refractivity contribution in [2.24, 2.45) is 5.92 Å². The van der Waals surface area contributed by atoms with Crippen molar-refractivity contribution in [3.8, 4) is 11.3 Å². The number of ether oxygens (including phenoxy) is 1. The first-order chi connectivity index (χ1) is 14.5. The summed E-state index contributed by atoms with van der Waals surface area (Å²) in [7, 11) is 0. The molecule has 1 saturated carbocycles. The summed E-state index contributed by atoms with van der Waals surface area (Å²) in [5.41, 5.74) is 3.51. The highest BCUT2D eigenvalue weighted by molar-refractivity contribution is 5.92. The van der Waals surface area contributed by atoms with Crippen LogP contribution in [0.5, 0.6) is 0 Å². The second-order valence-electron chi connectivity index (χ2n) is 8.39. The van der Waals surface area contributed by atoms with Gasteiger partial charge in [-0.15, -0.1) is 0 Å². The fourth-order valence-corrected chi connectivity index (χ4v) is 4.30. The van der Waals surface area contributed by atoms with Crippen molar-refractivity contribution in [2.75, 3.05) is 6.61 Å². The van der Waals surface area contributed by atoms with Gasteiger partial charge in [-0.3, -0.25) is 4.79 Å². The maximum absolute atomic E-state index is 12.4. The third-order valence-electron chi connectivity index (χ3n) is 6.10. The Bertz CT molecular complexity index is 849. The van der Waals surface area contributed by atoms with E-state index < -0.39 is 0 Å². The summed E-state index contributed by atoms with van der Waals surface area (Å²) in [5.74, 6) is 0.612. The van der Waals surface area contributed by atoms with E-state index in [0.717, 1.165) is 42.1 Å². The van der Waals surface area contributed by atoms with Gasteiger partial charge in [0.1, 0.15) is 0 Å². The Balaban J connectivity index is 1.66. The molecule has 1 N–H and O–H groups in total. The van der Waals surface area contributed by atoms with Crippen LogP contribution < -0.4 is 5.32 Å². The van der Waals surface area contributed by atoms with Crippen LogP contribution in [-0.4, -0.2) is 29.1 Å². The molecule has 0 spiro atoms. The molecule has 1 aromatic heterocycles. The molecule has 1 fully saturated rings. The van der Waals surface area contributed by atoms with Crippen LogP contribution in [0.1, 0.15) is 68.4 Å². The van der Waals surface area contributed by atoms with Gasteiger partial charge in [0, 0.05) is 30.4 Å². The van der Waals surface area contributed by atoms with E-state index in [2.05, 4.69) is 16.8 Å². The minimum atomic E-state index is -0.296. The summed E-state index contributed by atoms with van der Waals surface area (Å²) >= 11 is 0. The number of nitrogens with one attached hydrogen (secondary N) is 1. The first-order valence-electron chi connectivity index (χ1n) is 11.2.